The molecule has 0 spiro atoms. The third kappa shape index (κ3) is 6.95. The molecule has 3 aliphatic carbocycles. The van der Waals surface area contributed by atoms with Gasteiger partial charge in [-0.2, -0.15) is 0 Å². The summed E-state index contributed by atoms with van der Waals surface area (Å²) in [4.78, 5) is 56.8. The van der Waals surface area contributed by atoms with Gasteiger partial charge in [0.2, 0.25) is 0 Å². The number of aliphatic hydroxyl groups is 2. The molecule has 0 radical (unpaired) electrons. The number of carbonyl (C=O) groups is 4. The fourth-order valence-electron chi connectivity index (χ4n) is 9.31. The van der Waals surface area contributed by atoms with E-state index in [1.54, 1.807) is 25.3 Å². The smallest absolute Gasteiger partial charge is 0.397 e. The average molecular weight is 718 g/mol. The van der Waals surface area contributed by atoms with Crippen LogP contribution < -0.4 is 5.32 Å². The molecule has 1 aliphatic heterocycles. The number of aromatic nitrogens is 1. The Hall–Kier alpha value is -4.26. The minimum atomic E-state index is -1.40. The monoisotopic (exact) mass is 717 g/mol. The van der Waals surface area contributed by atoms with Crippen molar-refractivity contribution in [1.82, 2.24) is 15.2 Å². The van der Waals surface area contributed by atoms with E-state index >= 15 is 0 Å². The SMILES string of the molecule is C/C1=C\[C@@H](C)C([C@@H](C)OC(=O)C(=O)NCc2ccccc2CN(C)C)OC(=O)CC[C@H]2C=CC3C(C4[C@H]3[C@H](OC(=O)c3ccc[nH]3)[C@H](C)[C@H]4O)[C@]12O. The minimum absolute atomic E-state index is 0.00213. The van der Waals surface area contributed by atoms with Gasteiger partial charge in [0.25, 0.3) is 0 Å². The van der Waals surface area contributed by atoms with Gasteiger partial charge in [-0.15, -0.1) is 0 Å². The molecule has 1 aromatic heterocycles. The molecule has 1 aromatic carbocycles. The molecule has 1 amide bonds. The Morgan fingerprint density at radius 3 is 2.52 bits per heavy atom. The molecular formula is C40H51N3O9. The summed E-state index contributed by atoms with van der Waals surface area (Å²) in [7, 11) is 3.90. The number of aromatic amines is 1. The van der Waals surface area contributed by atoms with Crippen molar-refractivity contribution in [3.8, 4) is 0 Å². The van der Waals surface area contributed by atoms with Crippen LogP contribution >= 0.6 is 0 Å². The number of H-pyrrole nitrogens is 1. The van der Waals surface area contributed by atoms with E-state index in [4.69, 9.17) is 14.2 Å². The summed E-state index contributed by atoms with van der Waals surface area (Å²) < 4.78 is 17.4. The van der Waals surface area contributed by atoms with Crippen LogP contribution in [0.3, 0.4) is 0 Å². The van der Waals surface area contributed by atoms with Crippen molar-refractivity contribution in [1.29, 1.82) is 0 Å². The normalized spacial score (nSPS) is 35.4. The van der Waals surface area contributed by atoms with Gasteiger partial charge < -0.3 is 39.6 Å². The maximum Gasteiger partial charge on any atom is 0.397 e. The molecule has 12 heteroatoms. The fraction of sp³-hybridized carbons (Fsp3) is 0.550. The van der Waals surface area contributed by atoms with E-state index in [1.807, 2.05) is 76.2 Å². The molecule has 2 fully saturated rings. The molecule has 0 saturated heterocycles. The van der Waals surface area contributed by atoms with E-state index in [0.717, 1.165) is 11.1 Å². The third-order valence-electron chi connectivity index (χ3n) is 11.8. The summed E-state index contributed by atoms with van der Waals surface area (Å²) in [5, 5.41) is 27.0. The quantitative estimate of drug-likeness (QED) is 0.137. The average Bonchev–Trinajstić information content (AvgIpc) is 3.70. The van der Waals surface area contributed by atoms with Crippen LogP contribution in [0, 0.1) is 41.4 Å². The van der Waals surface area contributed by atoms with Crippen LogP contribution in [0.1, 0.15) is 62.2 Å². The number of hydrogen-bond donors (Lipinski definition) is 4. The highest BCUT2D eigenvalue weighted by molar-refractivity contribution is 6.32. The van der Waals surface area contributed by atoms with E-state index in [0.29, 0.717) is 24.2 Å². The fourth-order valence-corrected chi connectivity index (χ4v) is 9.31. The van der Waals surface area contributed by atoms with E-state index in [1.165, 1.54) is 0 Å². The van der Waals surface area contributed by atoms with Gasteiger partial charge in [-0.1, -0.05) is 56.3 Å². The second-order valence-corrected chi connectivity index (χ2v) is 15.4. The number of amides is 1. The molecule has 4 unspecified atom stereocenters. The second-order valence-electron chi connectivity index (χ2n) is 15.4. The van der Waals surface area contributed by atoms with Gasteiger partial charge in [0.1, 0.15) is 24.0 Å². The molecule has 4 N–H and O–H groups in total. The minimum Gasteiger partial charge on any atom is -0.458 e. The summed E-state index contributed by atoms with van der Waals surface area (Å²) in [5.41, 5.74) is 1.49. The van der Waals surface area contributed by atoms with Crippen LogP contribution in [-0.4, -0.2) is 88.0 Å². The van der Waals surface area contributed by atoms with Gasteiger partial charge in [-0.25, -0.2) is 9.59 Å². The van der Waals surface area contributed by atoms with E-state index in [9.17, 15) is 29.4 Å². The number of allylic oxidation sites excluding steroid dienone is 1. The highest BCUT2D eigenvalue weighted by Crippen LogP contribution is 2.66. The first-order valence-corrected chi connectivity index (χ1v) is 18.2. The van der Waals surface area contributed by atoms with Crippen LogP contribution in [0.25, 0.3) is 0 Å². The number of carbonyl (C=O) groups excluding carboxylic acids is 4. The zero-order valence-corrected chi connectivity index (χ0v) is 30.7. The third-order valence-corrected chi connectivity index (χ3v) is 11.8. The lowest BCUT2D eigenvalue weighted by Gasteiger charge is -2.61. The van der Waals surface area contributed by atoms with Gasteiger partial charge in [0, 0.05) is 55.3 Å². The largest absolute Gasteiger partial charge is 0.458 e. The molecule has 280 valence electrons. The summed E-state index contributed by atoms with van der Waals surface area (Å²) in [6.07, 6.45) is 4.53. The zero-order chi connectivity index (χ0) is 37.5. The molecule has 0 bridgehead atoms. The molecule has 12 atom stereocenters. The van der Waals surface area contributed by atoms with Gasteiger partial charge in [0.05, 0.1) is 11.7 Å². The first-order chi connectivity index (χ1) is 24.7. The summed E-state index contributed by atoms with van der Waals surface area (Å²) in [6.45, 7) is 7.93. The number of hydrogen-bond acceptors (Lipinski definition) is 10. The number of ether oxygens (including phenoxy) is 3. The Bertz CT molecular complexity index is 1720. The van der Waals surface area contributed by atoms with Gasteiger partial charge in [-0.05, 0) is 75.0 Å². The molecule has 2 aromatic rings. The van der Waals surface area contributed by atoms with Crippen molar-refractivity contribution in [2.45, 2.75) is 83.6 Å². The highest BCUT2D eigenvalue weighted by Gasteiger charge is 2.70. The second kappa shape index (κ2) is 15.0. The van der Waals surface area contributed by atoms with E-state index in [2.05, 4.69) is 16.4 Å². The van der Waals surface area contributed by atoms with Crippen molar-refractivity contribution >= 4 is 23.8 Å². The van der Waals surface area contributed by atoms with Crippen LogP contribution in [0.15, 0.2) is 66.4 Å². The lowest BCUT2D eigenvalue weighted by atomic mass is 9.46. The zero-order valence-electron chi connectivity index (χ0n) is 30.7. The molecule has 4 aliphatic rings. The number of esters is 3. The number of nitrogens with one attached hydrogen (secondary N) is 2. The van der Waals surface area contributed by atoms with Crippen LogP contribution in [0.4, 0.5) is 0 Å². The molecule has 6 rings (SSSR count). The Balaban J connectivity index is 1.17. The molecule has 2 heterocycles. The Kier molecular flexibility index (Phi) is 10.8. The van der Waals surface area contributed by atoms with Gasteiger partial charge in [-0.3, -0.25) is 9.59 Å². The lowest BCUT2D eigenvalue weighted by molar-refractivity contribution is -0.180. The number of cyclic esters (lactones) is 1. The summed E-state index contributed by atoms with van der Waals surface area (Å²) in [5.74, 6) is -5.34. The van der Waals surface area contributed by atoms with Crippen molar-refractivity contribution in [3.05, 3.63) is 83.2 Å². The highest BCUT2D eigenvalue weighted by atomic mass is 16.6. The van der Waals surface area contributed by atoms with Crippen LogP contribution in [-0.2, 0) is 41.7 Å². The molecule has 52 heavy (non-hydrogen) atoms. The lowest BCUT2D eigenvalue weighted by Crippen LogP contribution is -2.64. The van der Waals surface area contributed by atoms with Crippen molar-refractivity contribution in [2.24, 2.45) is 41.4 Å². The predicted molar refractivity (Wildman–Crippen MR) is 190 cm³/mol. The Labute approximate surface area is 304 Å². The standard InChI is InChI=1S/C40H51N3O9/c1-21-18-22(2)40(49)27(13-15-28-31-32(33(28)40)34(45)23(3)36(31)52-38(47)29-12-9-17-41-29)14-16-30(44)51-35(21)24(4)50-39(48)37(46)42-19-25-10-7-8-11-26(25)20-43(5)6/h7-13,15,17-18,21,23-24,27-28,31-36,41,45,49H,14,16,19-20H2,1-6H3,(H,42,46)/b22-18+/t21-,23-,24-,27-,28?,31+,32?,33?,34-,35?,36-,40+/m1/s1. The maximum atomic E-state index is 13.2. The first kappa shape index (κ1) is 37.5. The van der Waals surface area contributed by atoms with Crippen LogP contribution in [0.5, 0.6) is 0 Å². The number of fused-ring (bicyclic) bond motifs is 6. The topological polar surface area (TPSA) is 167 Å². The summed E-state index contributed by atoms with van der Waals surface area (Å²) in [6, 6.07) is 11.0. The van der Waals surface area contributed by atoms with Crippen LogP contribution in [0.2, 0.25) is 0 Å². The van der Waals surface area contributed by atoms with E-state index < -0.39 is 65.7 Å². The van der Waals surface area contributed by atoms with Crippen molar-refractivity contribution < 1.29 is 43.6 Å². The summed E-state index contributed by atoms with van der Waals surface area (Å²) >= 11 is 0. The molecule has 12 nitrogen and oxygen atoms in total. The van der Waals surface area contributed by atoms with Gasteiger partial charge in [0.15, 0.2) is 0 Å². The first-order valence-electron chi connectivity index (χ1n) is 18.2. The molecular weight excluding hydrogens is 666 g/mol. The number of benzene rings is 1. The van der Waals surface area contributed by atoms with Gasteiger partial charge >= 0.3 is 23.8 Å². The number of nitrogens with zero attached hydrogens (tertiary/aromatic N) is 1. The van der Waals surface area contributed by atoms with Crippen molar-refractivity contribution in [2.75, 3.05) is 14.1 Å². The Morgan fingerprint density at radius 2 is 1.83 bits per heavy atom. The molecule has 2 saturated carbocycles. The van der Waals surface area contributed by atoms with Crippen molar-refractivity contribution in [3.63, 3.8) is 0 Å². The maximum absolute atomic E-state index is 13.2. The van der Waals surface area contributed by atoms with E-state index in [-0.39, 0.29) is 42.6 Å². The number of rotatable bonds is 8. The Morgan fingerprint density at radius 1 is 1.10 bits per heavy atom. The predicted octanol–water partition coefficient (Wildman–Crippen LogP) is 3.54. The number of aliphatic hydroxyl groups excluding tert-OH is 1.